The van der Waals surface area contributed by atoms with E-state index in [-0.39, 0.29) is 0 Å². The number of carbonyl (C=O) groups is 1. The first-order valence-electron chi connectivity index (χ1n) is 6.45. The Morgan fingerprint density at radius 2 is 1.94 bits per heavy atom. The van der Waals surface area contributed by atoms with Crippen molar-refractivity contribution in [3.8, 4) is 0 Å². The largest absolute Gasteiger partial charge is 0.480 e. The third kappa shape index (κ3) is 3.23. The van der Waals surface area contributed by atoms with Gasteiger partial charge in [0.05, 0.1) is 0 Å². The van der Waals surface area contributed by atoms with Crippen molar-refractivity contribution in [1.29, 1.82) is 0 Å². The second-order valence-corrected chi connectivity index (χ2v) is 4.95. The molecule has 18 heavy (non-hydrogen) atoms. The first-order chi connectivity index (χ1) is 8.66. The molecule has 0 aliphatic carbocycles. The van der Waals surface area contributed by atoms with Crippen molar-refractivity contribution in [1.82, 2.24) is 0 Å². The summed E-state index contributed by atoms with van der Waals surface area (Å²) in [4.78, 5) is 13.1. The molecule has 0 spiro atoms. The number of anilines is 1. The Kier molecular flexibility index (Phi) is 4.20. The SMILES string of the molecule is N[C@@H](CC1CCN(c2ccccc2)CC1)C(=O)O. The van der Waals surface area contributed by atoms with E-state index in [4.69, 9.17) is 10.8 Å². The standard InChI is InChI=1S/C14H20N2O2/c15-13(14(17)18)10-11-6-8-16(9-7-11)12-4-2-1-3-5-12/h1-5,11,13H,6-10,15H2,(H,17,18)/t13-/m0/s1. The molecule has 0 amide bonds. The Hall–Kier alpha value is -1.55. The number of hydrogen-bond donors (Lipinski definition) is 2. The van der Waals surface area contributed by atoms with Gasteiger partial charge in [-0.25, -0.2) is 0 Å². The van der Waals surface area contributed by atoms with Gasteiger partial charge in [-0.15, -0.1) is 0 Å². The molecule has 0 saturated carbocycles. The summed E-state index contributed by atoms with van der Waals surface area (Å²) in [6.45, 7) is 1.97. The van der Waals surface area contributed by atoms with Crippen LogP contribution in [-0.2, 0) is 4.79 Å². The van der Waals surface area contributed by atoms with Gasteiger partial charge in [0.15, 0.2) is 0 Å². The van der Waals surface area contributed by atoms with Crippen LogP contribution in [0.15, 0.2) is 30.3 Å². The summed E-state index contributed by atoms with van der Waals surface area (Å²) >= 11 is 0. The molecule has 1 aliphatic heterocycles. The van der Waals surface area contributed by atoms with E-state index in [0.29, 0.717) is 12.3 Å². The number of carboxylic acids is 1. The molecule has 1 atom stereocenters. The topological polar surface area (TPSA) is 66.6 Å². The van der Waals surface area contributed by atoms with Crippen LogP contribution in [0.5, 0.6) is 0 Å². The number of hydrogen-bond acceptors (Lipinski definition) is 3. The predicted octanol–water partition coefficient (Wildman–Crippen LogP) is 1.70. The Morgan fingerprint density at radius 1 is 1.33 bits per heavy atom. The maximum atomic E-state index is 10.7. The molecule has 4 heteroatoms. The zero-order chi connectivity index (χ0) is 13.0. The van der Waals surface area contributed by atoms with Crippen LogP contribution in [0.1, 0.15) is 19.3 Å². The smallest absolute Gasteiger partial charge is 0.320 e. The molecular formula is C14H20N2O2. The first-order valence-corrected chi connectivity index (χ1v) is 6.45. The highest BCUT2D eigenvalue weighted by atomic mass is 16.4. The van der Waals surface area contributed by atoms with Gasteiger partial charge in [0.2, 0.25) is 0 Å². The highest BCUT2D eigenvalue weighted by Crippen LogP contribution is 2.25. The van der Waals surface area contributed by atoms with Gasteiger partial charge in [0, 0.05) is 18.8 Å². The van der Waals surface area contributed by atoms with Crippen molar-refractivity contribution in [2.45, 2.75) is 25.3 Å². The van der Waals surface area contributed by atoms with E-state index in [0.717, 1.165) is 25.9 Å². The van der Waals surface area contributed by atoms with Crippen LogP contribution < -0.4 is 10.6 Å². The van der Waals surface area contributed by atoms with Crippen molar-refractivity contribution < 1.29 is 9.90 Å². The molecule has 98 valence electrons. The quantitative estimate of drug-likeness (QED) is 0.851. The summed E-state index contributed by atoms with van der Waals surface area (Å²) in [5.41, 5.74) is 6.83. The molecule has 0 aromatic heterocycles. The zero-order valence-corrected chi connectivity index (χ0v) is 10.5. The molecule has 1 heterocycles. The number of para-hydroxylation sites is 1. The number of piperidine rings is 1. The lowest BCUT2D eigenvalue weighted by molar-refractivity contribution is -0.139. The summed E-state index contributed by atoms with van der Waals surface area (Å²) in [6, 6.07) is 9.62. The molecule has 1 aromatic rings. The van der Waals surface area contributed by atoms with Crippen molar-refractivity contribution >= 4 is 11.7 Å². The fraction of sp³-hybridized carbons (Fsp3) is 0.500. The summed E-state index contributed by atoms with van der Waals surface area (Å²) in [7, 11) is 0. The van der Waals surface area contributed by atoms with Crippen LogP contribution >= 0.6 is 0 Å². The lowest BCUT2D eigenvalue weighted by Gasteiger charge is -2.34. The van der Waals surface area contributed by atoms with E-state index in [1.165, 1.54) is 5.69 Å². The van der Waals surface area contributed by atoms with Gasteiger partial charge in [-0.1, -0.05) is 18.2 Å². The van der Waals surface area contributed by atoms with Gasteiger partial charge in [-0.3, -0.25) is 4.79 Å². The number of nitrogens with two attached hydrogens (primary N) is 1. The Balaban J connectivity index is 1.83. The average Bonchev–Trinajstić information content (AvgIpc) is 2.40. The minimum Gasteiger partial charge on any atom is -0.480 e. The summed E-state index contributed by atoms with van der Waals surface area (Å²) in [5, 5.41) is 8.81. The third-order valence-electron chi connectivity index (χ3n) is 3.64. The van der Waals surface area contributed by atoms with E-state index < -0.39 is 12.0 Å². The molecule has 0 radical (unpaired) electrons. The predicted molar refractivity (Wildman–Crippen MR) is 71.6 cm³/mol. The van der Waals surface area contributed by atoms with Gasteiger partial charge < -0.3 is 15.7 Å². The van der Waals surface area contributed by atoms with Crippen molar-refractivity contribution in [2.24, 2.45) is 11.7 Å². The molecule has 1 fully saturated rings. The average molecular weight is 248 g/mol. The fourth-order valence-corrected chi connectivity index (χ4v) is 2.53. The van der Waals surface area contributed by atoms with E-state index >= 15 is 0 Å². The lowest BCUT2D eigenvalue weighted by Crippen LogP contribution is -2.38. The molecule has 0 bridgehead atoms. The summed E-state index contributed by atoms with van der Waals surface area (Å²) in [5.74, 6) is -0.448. The zero-order valence-electron chi connectivity index (χ0n) is 10.5. The Bertz CT molecular complexity index is 386. The number of aliphatic carboxylic acids is 1. The van der Waals surface area contributed by atoms with Crippen molar-refractivity contribution in [2.75, 3.05) is 18.0 Å². The number of benzene rings is 1. The minimum atomic E-state index is -0.888. The van der Waals surface area contributed by atoms with Gasteiger partial charge in [0.1, 0.15) is 6.04 Å². The highest BCUT2D eigenvalue weighted by molar-refractivity contribution is 5.73. The Morgan fingerprint density at radius 3 is 2.50 bits per heavy atom. The van der Waals surface area contributed by atoms with Gasteiger partial charge in [-0.2, -0.15) is 0 Å². The van der Waals surface area contributed by atoms with Gasteiger partial charge in [0.25, 0.3) is 0 Å². The second-order valence-electron chi connectivity index (χ2n) is 4.95. The van der Waals surface area contributed by atoms with Crippen LogP contribution in [-0.4, -0.2) is 30.2 Å². The molecule has 2 rings (SSSR count). The summed E-state index contributed by atoms with van der Waals surface area (Å²) in [6.07, 6.45) is 2.64. The van der Waals surface area contributed by atoms with Crippen LogP contribution in [0, 0.1) is 5.92 Å². The highest BCUT2D eigenvalue weighted by Gasteiger charge is 2.23. The van der Waals surface area contributed by atoms with E-state index in [9.17, 15) is 4.79 Å². The Labute approximate surface area is 107 Å². The first kappa shape index (κ1) is 12.9. The fourth-order valence-electron chi connectivity index (χ4n) is 2.53. The molecule has 0 unspecified atom stereocenters. The lowest BCUT2D eigenvalue weighted by atomic mass is 9.90. The summed E-state index contributed by atoms with van der Waals surface area (Å²) < 4.78 is 0. The second kappa shape index (κ2) is 5.87. The van der Waals surface area contributed by atoms with Gasteiger partial charge >= 0.3 is 5.97 Å². The maximum Gasteiger partial charge on any atom is 0.320 e. The molecule has 1 aromatic carbocycles. The van der Waals surface area contributed by atoms with Crippen LogP contribution in [0.3, 0.4) is 0 Å². The van der Waals surface area contributed by atoms with Crippen LogP contribution in [0.25, 0.3) is 0 Å². The molecule has 3 N–H and O–H groups in total. The third-order valence-corrected chi connectivity index (χ3v) is 3.64. The maximum absolute atomic E-state index is 10.7. The molecule has 1 aliphatic rings. The minimum absolute atomic E-state index is 0.441. The number of rotatable bonds is 4. The number of carboxylic acid groups (broad SMARTS) is 1. The van der Waals surface area contributed by atoms with Gasteiger partial charge in [-0.05, 0) is 37.3 Å². The van der Waals surface area contributed by atoms with Crippen molar-refractivity contribution in [3.05, 3.63) is 30.3 Å². The van der Waals surface area contributed by atoms with Crippen molar-refractivity contribution in [3.63, 3.8) is 0 Å². The monoisotopic (exact) mass is 248 g/mol. The van der Waals surface area contributed by atoms with E-state index in [2.05, 4.69) is 17.0 Å². The van der Waals surface area contributed by atoms with Crippen LogP contribution in [0.4, 0.5) is 5.69 Å². The normalized spacial score (nSPS) is 18.6. The molecule has 4 nitrogen and oxygen atoms in total. The van der Waals surface area contributed by atoms with Crippen LogP contribution in [0.2, 0.25) is 0 Å². The van der Waals surface area contributed by atoms with E-state index in [1.54, 1.807) is 0 Å². The molecular weight excluding hydrogens is 228 g/mol. The molecule has 1 saturated heterocycles. The van der Waals surface area contributed by atoms with E-state index in [1.807, 2.05) is 18.2 Å². The number of nitrogens with zero attached hydrogens (tertiary/aromatic N) is 1.